The first-order chi connectivity index (χ1) is 9.31. The first-order valence-corrected chi connectivity index (χ1v) is 6.10. The average molecular weight is 256 g/mol. The molecule has 0 aliphatic rings. The van der Waals surface area contributed by atoms with Gasteiger partial charge in [-0.15, -0.1) is 0 Å². The molecule has 0 saturated carbocycles. The third kappa shape index (κ3) is 3.63. The number of pyridine rings is 1. The topological polar surface area (TPSA) is 54.7 Å². The first-order valence-electron chi connectivity index (χ1n) is 6.10. The third-order valence-corrected chi connectivity index (χ3v) is 2.65. The van der Waals surface area contributed by atoms with Crippen molar-refractivity contribution in [2.75, 3.05) is 13.2 Å². The van der Waals surface area contributed by atoms with Gasteiger partial charge in [0.2, 0.25) is 0 Å². The van der Waals surface area contributed by atoms with Crippen molar-refractivity contribution < 1.29 is 9.94 Å². The molecule has 1 heterocycles. The molecule has 0 aliphatic carbocycles. The Hall–Kier alpha value is -2.20. The zero-order valence-corrected chi connectivity index (χ0v) is 10.8. The lowest BCUT2D eigenvalue weighted by Crippen LogP contribution is -1.99. The van der Waals surface area contributed by atoms with Crippen LogP contribution in [0.1, 0.15) is 12.5 Å². The number of aliphatic hydroxyl groups is 1. The van der Waals surface area contributed by atoms with Crippen molar-refractivity contribution in [1.82, 2.24) is 4.98 Å². The van der Waals surface area contributed by atoms with Crippen molar-refractivity contribution in [2.45, 2.75) is 6.92 Å². The first kappa shape index (κ1) is 13.2. The lowest BCUT2D eigenvalue weighted by atomic mass is 10.1. The average Bonchev–Trinajstić information content (AvgIpc) is 2.48. The normalized spacial score (nSPS) is 11.4. The Kier molecular flexibility index (Phi) is 4.64. The highest BCUT2D eigenvalue weighted by molar-refractivity contribution is 5.98. The van der Waals surface area contributed by atoms with Crippen molar-refractivity contribution in [3.05, 3.63) is 54.2 Å². The van der Waals surface area contributed by atoms with Gasteiger partial charge in [0.15, 0.2) is 0 Å². The van der Waals surface area contributed by atoms with Gasteiger partial charge in [-0.3, -0.25) is 4.98 Å². The van der Waals surface area contributed by atoms with Gasteiger partial charge in [-0.05, 0) is 24.6 Å². The third-order valence-electron chi connectivity index (χ3n) is 2.65. The number of hydrogen-bond acceptors (Lipinski definition) is 4. The van der Waals surface area contributed by atoms with Crippen LogP contribution < -0.4 is 0 Å². The molecule has 1 N–H and O–H groups in total. The molecule has 0 unspecified atom stereocenters. The molecule has 1 aromatic heterocycles. The molecule has 0 fully saturated rings. The lowest BCUT2D eigenvalue weighted by Gasteiger charge is -2.04. The molecule has 19 heavy (non-hydrogen) atoms. The summed E-state index contributed by atoms with van der Waals surface area (Å²) in [6.07, 6.45) is 1.78. The van der Waals surface area contributed by atoms with E-state index in [2.05, 4.69) is 10.1 Å². The Morgan fingerprint density at radius 2 is 2.00 bits per heavy atom. The van der Waals surface area contributed by atoms with E-state index in [9.17, 15) is 0 Å². The van der Waals surface area contributed by atoms with Gasteiger partial charge in [0.1, 0.15) is 6.61 Å². The number of hydrogen-bond donors (Lipinski definition) is 1. The molecule has 0 aliphatic heterocycles. The summed E-state index contributed by atoms with van der Waals surface area (Å²) in [5.74, 6) is 0. The second-order valence-corrected chi connectivity index (χ2v) is 4.03. The van der Waals surface area contributed by atoms with Crippen molar-refractivity contribution in [3.63, 3.8) is 0 Å². The predicted octanol–water partition coefficient (Wildman–Crippen LogP) is 2.48. The molecule has 0 radical (unpaired) electrons. The lowest BCUT2D eigenvalue weighted by molar-refractivity contribution is 0.0986. The minimum atomic E-state index is -0.0323. The summed E-state index contributed by atoms with van der Waals surface area (Å²) in [4.78, 5) is 9.24. The van der Waals surface area contributed by atoms with Crippen LogP contribution in [0.3, 0.4) is 0 Å². The Bertz CT molecular complexity index is 536. The number of benzene rings is 1. The van der Waals surface area contributed by atoms with Crippen molar-refractivity contribution >= 4 is 5.71 Å². The summed E-state index contributed by atoms with van der Waals surface area (Å²) in [6, 6.07) is 13.8. The van der Waals surface area contributed by atoms with Gasteiger partial charge in [-0.2, -0.15) is 0 Å². The maximum Gasteiger partial charge on any atom is 0.140 e. The van der Waals surface area contributed by atoms with Crippen LogP contribution in [0, 0.1) is 0 Å². The molecule has 0 bridgehead atoms. The second kappa shape index (κ2) is 6.66. The Labute approximate surface area is 112 Å². The fourth-order valence-electron chi connectivity index (χ4n) is 1.65. The maximum atomic E-state index is 8.61. The predicted molar refractivity (Wildman–Crippen MR) is 74.9 cm³/mol. The number of oxime groups is 1. The van der Waals surface area contributed by atoms with E-state index in [4.69, 9.17) is 9.94 Å². The molecule has 4 nitrogen and oxygen atoms in total. The summed E-state index contributed by atoms with van der Waals surface area (Å²) >= 11 is 0. The summed E-state index contributed by atoms with van der Waals surface area (Å²) in [5, 5.41) is 12.5. The molecular weight excluding hydrogens is 240 g/mol. The molecule has 2 rings (SSSR count). The highest BCUT2D eigenvalue weighted by atomic mass is 16.6. The standard InChI is InChI=1S/C15H16N2O2/c1-12(17-19-11-10-18)13-5-7-14(8-6-13)15-4-2-3-9-16-15/h2-9,18H,10-11H2,1H3/b17-12-. The van der Waals surface area contributed by atoms with E-state index in [1.165, 1.54) is 0 Å². The van der Waals surface area contributed by atoms with Crippen LogP contribution in [0.5, 0.6) is 0 Å². The Morgan fingerprint density at radius 1 is 1.21 bits per heavy atom. The molecule has 2 aromatic rings. The van der Waals surface area contributed by atoms with Crippen molar-refractivity contribution in [1.29, 1.82) is 0 Å². The Balaban J connectivity index is 2.12. The largest absolute Gasteiger partial charge is 0.393 e. The molecule has 0 spiro atoms. The van der Waals surface area contributed by atoms with E-state index in [1.54, 1.807) is 6.20 Å². The molecular formula is C15H16N2O2. The zero-order valence-electron chi connectivity index (χ0n) is 10.8. The Morgan fingerprint density at radius 3 is 2.63 bits per heavy atom. The van der Waals surface area contributed by atoms with E-state index in [-0.39, 0.29) is 13.2 Å². The van der Waals surface area contributed by atoms with Gasteiger partial charge in [-0.1, -0.05) is 35.5 Å². The minimum Gasteiger partial charge on any atom is -0.393 e. The fourth-order valence-corrected chi connectivity index (χ4v) is 1.65. The highest BCUT2D eigenvalue weighted by Crippen LogP contribution is 2.17. The quantitative estimate of drug-likeness (QED) is 0.508. The van der Waals surface area contributed by atoms with Gasteiger partial charge in [-0.25, -0.2) is 0 Å². The molecule has 0 amide bonds. The summed E-state index contributed by atoms with van der Waals surface area (Å²) in [7, 11) is 0. The fraction of sp³-hybridized carbons (Fsp3) is 0.200. The van der Waals surface area contributed by atoms with Gasteiger partial charge >= 0.3 is 0 Å². The highest BCUT2D eigenvalue weighted by Gasteiger charge is 2.01. The second-order valence-electron chi connectivity index (χ2n) is 4.03. The minimum absolute atomic E-state index is 0.0323. The van der Waals surface area contributed by atoms with Crippen LogP contribution in [0.2, 0.25) is 0 Å². The van der Waals surface area contributed by atoms with Crippen LogP contribution in [-0.4, -0.2) is 29.0 Å². The molecule has 0 atom stereocenters. The number of rotatable bonds is 5. The van der Waals surface area contributed by atoms with Crippen LogP contribution in [0.25, 0.3) is 11.3 Å². The summed E-state index contributed by atoms with van der Waals surface area (Å²) < 4.78 is 0. The zero-order chi connectivity index (χ0) is 13.5. The number of aromatic nitrogens is 1. The number of aliphatic hydroxyl groups excluding tert-OH is 1. The molecule has 0 saturated heterocycles. The maximum absolute atomic E-state index is 8.61. The van der Waals surface area contributed by atoms with Crippen LogP contribution >= 0.6 is 0 Å². The van der Waals surface area contributed by atoms with Gasteiger partial charge < -0.3 is 9.94 Å². The smallest absolute Gasteiger partial charge is 0.140 e. The summed E-state index contributed by atoms with van der Waals surface area (Å²) in [6.45, 7) is 2.05. The van der Waals surface area contributed by atoms with Gasteiger partial charge in [0, 0.05) is 11.8 Å². The van der Waals surface area contributed by atoms with Crippen molar-refractivity contribution in [3.8, 4) is 11.3 Å². The van der Waals surface area contributed by atoms with Crippen molar-refractivity contribution in [2.24, 2.45) is 5.16 Å². The molecule has 1 aromatic carbocycles. The SMILES string of the molecule is C/C(=N/OCCO)c1ccc(-c2ccccn2)cc1. The van der Waals surface area contributed by atoms with E-state index in [0.29, 0.717) is 0 Å². The van der Waals surface area contributed by atoms with Gasteiger partial charge in [0.25, 0.3) is 0 Å². The van der Waals surface area contributed by atoms with E-state index < -0.39 is 0 Å². The van der Waals surface area contributed by atoms with Crippen LogP contribution in [0.15, 0.2) is 53.8 Å². The van der Waals surface area contributed by atoms with Crippen LogP contribution in [-0.2, 0) is 4.84 Å². The van der Waals surface area contributed by atoms with Gasteiger partial charge in [0.05, 0.1) is 18.0 Å². The monoisotopic (exact) mass is 256 g/mol. The van der Waals surface area contributed by atoms with Crippen LogP contribution in [0.4, 0.5) is 0 Å². The molecule has 4 heteroatoms. The number of nitrogens with zero attached hydrogens (tertiary/aromatic N) is 2. The van der Waals surface area contributed by atoms with E-state index in [1.807, 2.05) is 49.4 Å². The van der Waals surface area contributed by atoms with E-state index in [0.717, 1.165) is 22.5 Å². The molecule has 98 valence electrons. The summed E-state index contributed by atoms with van der Waals surface area (Å²) in [5.41, 5.74) is 3.77. The van der Waals surface area contributed by atoms with E-state index >= 15 is 0 Å².